The molecule has 2 aliphatic heterocycles. The molecule has 39 heavy (non-hydrogen) atoms. The molecule has 1 aromatic rings. The summed E-state index contributed by atoms with van der Waals surface area (Å²) in [5.74, 6) is 0.955. The zero-order valence-electron chi connectivity index (χ0n) is 22.7. The zero-order chi connectivity index (χ0) is 28.0. The second-order valence-electron chi connectivity index (χ2n) is 9.20. The number of thioether (sulfide) groups is 1. The van der Waals surface area contributed by atoms with Gasteiger partial charge in [-0.25, -0.2) is 4.79 Å². The molecular weight excluding hydrogens is 548 g/mol. The quantitative estimate of drug-likeness (QED) is 0.183. The van der Waals surface area contributed by atoms with E-state index in [1.54, 1.807) is 7.11 Å². The summed E-state index contributed by atoms with van der Waals surface area (Å²) in [6.45, 7) is 6.59. The van der Waals surface area contributed by atoms with Gasteiger partial charge >= 0.3 is 6.03 Å². The van der Waals surface area contributed by atoms with Crippen LogP contribution in [0.3, 0.4) is 0 Å². The van der Waals surface area contributed by atoms with Gasteiger partial charge in [-0.1, -0.05) is 6.07 Å². The van der Waals surface area contributed by atoms with Crippen LogP contribution in [-0.4, -0.2) is 112 Å². The highest BCUT2D eigenvalue weighted by molar-refractivity contribution is 8.00. The first kappa shape index (κ1) is 31.7. The Balaban J connectivity index is 1.50. The molecule has 1 fully saturated rings. The van der Waals surface area contributed by atoms with Crippen molar-refractivity contribution in [1.82, 2.24) is 15.5 Å². The Morgan fingerprint density at radius 2 is 1.77 bits per heavy atom. The van der Waals surface area contributed by atoms with E-state index in [-0.39, 0.29) is 40.5 Å². The molecule has 11 nitrogen and oxygen atoms in total. The first-order valence-electron chi connectivity index (χ1n) is 13.2. The van der Waals surface area contributed by atoms with E-state index < -0.39 is 0 Å². The van der Waals surface area contributed by atoms with Crippen LogP contribution in [0.25, 0.3) is 0 Å². The lowest BCUT2D eigenvalue weighted by atomic mass is 9.88. The predicted octanol–water partition coefficient (Wildman–Crippen LogP) is 1.51. The van der Waals surface area contributed by atoms with Gasteiger partial charge in [0.25, 0.3) is 0 Å². The fourth-order valence-corrected chi connectivity index (χ4v) is 5.91. The van der Waals surface area contributed by atoms with Gasteiger partial charge in [0, 0.05) is 13.1 Å². The van der Waals surface area contributed by atoms with Crippen LogP contribution < -0.4 is 21.1 Å². The number of rotatable bonds is 17. The monoisotopic (exact) mass is 588 g/mol. The molecule has 0 aromatic heterocycles. The van der Waals surface area contributed by atoms with Crippen molar-refractivity contribution in [3.63, 3.8) is 0 Å². The Bertz CT molecular complexity index is 915. The number of nitrogens with zero attached hydrogens (tertiary/aromatic N) is 1. The number of carbonyl (C=O) groups is 2. The average molecular weight is 589 g/mol. The van der Waals surface area contributed by atoms with Crippen LogP contribution >= 0.6 is 23.4 Å². The van der Waals surface area contributed by atoms with Crippen molar-refractivity contribution in [2.24, 2.45) is 5.73 Å². The van der Waals surface area contributed by atoms with Gasteiger partial charge in [0.2, 0.25) is 5.91 Å². The van der Waals surface area contributed by atoms with Gasteiger partial charge in [-0.3, -0.25) is 4.79 Å². The highest BCUT2D eigenvalue weighted by atomic mass is 35.5. The van der Waals surface area contributed by atoms with Gasteiger partial charge in [-0.2, -0.15) is 0 Å². The van der Waals surface area contributed by atoms with E-state index in [0.717, 1.165) is 16.9 Å². The Hall–Kier alpha value is -1.80. The summed E-state index contributed by atoms with van der Waals surface area (Å²) in [6.07, 6.45) is 0.649. The molecule has 3 amide bonds. The maximum Gasteiger partial charge on any atom is 0.315 e. The molecule has 2 aliphatic rings. The smallest absolute Gasteiger partial charge is 0.315 e. The van der Waals surface area contributed by atoms with E-state index in [1.807, 2.05) is 30.0 Å². The first-order chi connectivity index (χ1) is 18.9. The minimum atomic E-state index is -0.338. The molecule has 0 radical (unpaired) electrons. The number of carbonyl (C=O) groups excluding carboxylic acids is 2. The van der Waals surface area contributed by atoms with Crippen molar-refractivity contribution >= 4 is 35.3 Å². The molecule has 220 valence electrons. The van der Waals surface area contributed by atoms with E-state index >= 15 is 0 Å². The van der Waals surface area contributed by atoms with Crippen LogP contribution in [0.5, 0.6) is 5.75 Å². The van der Waals surface area contributed by atoms with Crippen molar-refractivity contribution < 1.29 is 33.3 Å². The molecule has 3 rings (SSSR count). The van der Waals surface area contributed by atoms with Gasteiger partial charge in [0.15, 0.2) is 0 Å². The van der Waals surface area contributed by atoms with E-state index in [1.165, 1.54) is 11.8 Å². The van der Waals surface area contributed by atoms with Crippen molar-refractivity contribution in [2.45, 2.75) is 36.2 Å². The van der Waals surface area contributed by atoms with Crippen LogP contribution in [-0.2, 0) is 30.2 Å². The van der Waals surface area contributed by atoms with Crippen LogP contribution in [0.4, 0.5) is 4.79 Å². The molecule has 0 bridgehead atoms. The number of halogens is 1. The van der Waals surface area contributed by atoms with E-state index in [0.29, 0.717) is 72.4 Å². The van der Waals surface area contributed by atoms with E-state index in [2.05, 4.69) is 10.6 Å². The minimum absolute atomic E-state index is 0.0249. The lowest BCUT2D eigenvalue weighted by Gasteiger charge is -2.42. The lowest BCUT2D eigenvalue weighted by molar-refractivity contribution is -0.135. The van der Waals surface area contributed by atoms with Crippen molar-refractivity contribution in [2.75, 3.05) is 78.8 Å². The third-order valence-corrected chi connectivity index (χ3v) is 8.26. The average Bonchev–Trinajstić information content (AvgIpc) is 2.93. The van der Waals surface area contributed by atoms with Gasteiger partial charge in [-0.05, 0) is 36.6 Å². The Morgan fingerprint density at radius 3 is 2.44 bits per heavy atom. The second-order valence-corrected chi connectivity index (χ2v) is 10.9. The van der Waals surface area contributed by atoms with Crippen molar-refractivity contribution in [3.05, 3.63) is 29.3 Å². The van der Waals surface area contributed by atoms with Crippen LogP contribution in [0, 0.1) is 0 Å². The molecule has 4 atom stereocenters. The summed E-state index contributed by atoms with van der Waals surface area (Å²) in [5, 5.41) is 4.81. The lowest BCUT2D eigenvalue weighted by Crippen LogP contribution is -2.55. The first-order valence-corrected chi connectivity index (χ1v) is 14.7. The number of fused-ring (bicyclic) bond motifs is 1. The number of hydrogen-bond donors (Lipinski definition) is 3. The Morgan fingerprint density at radius 1 is 1.10 bits per heavy atom. The molecule has 0 saturated carbocycles. The second kappa shape index (κ2) is 17.1. The number of benzene rings is 1. The summed E-state index contributed by atoms with van der Waals surface area (Å²) in [5.41, 5.74) is 7.60. The number of hydrogen-bond acceptors (Lipinski definition) is 9. The molecular formula is C26H41ClN4O7S. The van der Waals surface area contributed by atoms with Crippen molar-refractivity contribution in [3.8, 4) is 5.75 Å². The third kappa shape index (κ3) is 9.96. The fourth-order valence-electron chi connectivity index (χ4n) is 4.58. The summed E-state index contributed by atoms with van der Waals surface area (Å²) in [7, 11) is 1.64. The van der Waals surface area contributed by atoms with Gasteiger partial charge in [-0.15, -0.1) is 23.4 Å². The number of methoxy groups -OCH3 is 1. The Labute approximate surface area is 239 Å². The SMILES string of the molecule is COc1ccc2c(c1)C[C@@H](COCCOCCOCCOCCN)N(C(=O)CSC1NC(=O)NCC1Cl)[C@H]2C. The number of urea groups is 1. The number of nitrogens with two attached hydrogens (primary N) is 1. The maximum atomic E-state index is 13.5. The number of nitrogens with one attached hydrogen (secondary N) is 2. The molecule has 1 aromatic carbocycles. The molecule has 2 unspecified atom stereocenters. The normalized spacial score (nSPS) is 22.7. The number of amides is 3. The number of alkyl halides is 1. The van der Waals surface area contributed by atoms with Crippen LogP contribution in [0.1, 0.15) is 24.1 Å². The predicted molar refractivity (Wildman–Crippen MR) is 150 cm³/mol. The highest BCUT2D eigenvalue weighted by Gasteiger charge is 2.36. The van der Waals surface area contributed by atoms with Gasteiger partial charge in [0.1, 0.15) is 5.75 Å². The molecule has 0 aliphatic carbocycles. The van der Waals surface area contributed by atoms with Crippen molar-refractivity contribution in [1.29, 1.82) is 0 Å². The largest absolute Gasteiger partial charge is 0.497 e. The Kier molecular flexibility index (Phi) is 13.9. The maximum absolute atomic E-state index is 13.5. The minimum Gasteiger partial charge on any atom is -0.497 e. The molecule has 0 spiro atoms. The zero-order valence-corrected chi connectivity index (χ0v) is 24.3. The van der Waals surface area contributed by atoms with Crippen LogP contribution in [0.15, 0.2) is 18.2 Å². The fraction of sp³-hybridized carbons (Fsp3) is 0.692. The highest BCUT2D eigenvalue weighted by Crippen LogP contribution is 2.36. The summed E-state index contributed by atoms with van der Waals surface area (Å²) < 4.78 is 27.7. The molecule has 4 N–H and O–H groups in total. The molecule has 2 heterocycles. The van der Waals surface area contributed by atoms with Gasteiger partial charge < -0.3 is 45.0 Å². The van der Waals surface area contributed by atoms with E-state index in [9.17, 15) is 9.59 Å². The third-order valence-electron chi connectivity index (χ3n) is 6.49. The topological polar surface area (TPSA) is 134 Å². The summed E-state index contributed by atoms with van der Waals surface area (Å²) in [6, 6.07) is 5.40. The standard InChI is InChI=1S/C26H41ClN4O7S/c1-18-22-4-3-21(34-2)14-19(22)13-20(16-38-12-11-37-10-9-36-8-7-35-6-5-28)31(18)24(32)17-39-25-23(27)15-29-26(33)30-25/h3-4,14,18,20,23,25H,5-13,15-17,28H2,1-2H3,(H2,29,30,33)/t18-,20-,23?,25?/m0/s1. The summed E-state index contributed by atoms with van der Waals surface area (Å²) >= 11 is 7.70. The van der Waals surface area contributed by atoms with E-state index in [4.69, 9.17) is 41.0 Å². The van der Waals surface area contributed by atoms with Gasteiger partial charge in [0.05, 0.1) is 88.6 Å². The molecule has 1 saturated heterocycles. The summed E-state index contributed by atoms with van der Waals surface area (Å²) in [4.78, 5) is 27.1. The molecule has 13 heteroatoms. The number of ether oxygens (including phenoxy) is 5. The van der Waals surface area contributed by atoms with Crippen LogP contribution in [0.2, 0.25) is 0 Å².